The molecular weight excluding hydrogens is 510 g/mol. The number of amides is 1. The van der Waals surface area contributed by atoms with E-state index in [9.17, 15) is 14.4 Å². The van der Waals surface area contributed by atoms with Crippen molar-refractivity contribution in [3.63, 3.8) is 0 Å². The minimum absolute atomic E-state index is 0.124. The number of Topliss-reactive ketones (excluding diaryl/α,β-unsaturated/α-hetero) is 1. The molecule has 0 aliphatic carbocycles. The monoisotopic (exact) mass is 539 g/mol. The fourth-order valence-corrected chi connectivity index (χ4v) is 3.75. The smallest absolute Gasteiger partial charge is 0.338 e. The van der Waals surface area contributed by atoms with Crippen LogP contribution in [0.4, 0.5) is 5.69 Å². The summed E-state index contributed by atoms with van der Waals surface area (Å²) in [5.74, 6) is -0.321. The first-order valence-corrected chi connectivity index (χ1v) is 12.2. The van der Waals surface area contributed by atoms with Gasteiger partial charge in [-0.15, -0.1) is 5.10 Å². The highest BCUT2D eigenvalue weighted by atomic mass is 35.5. The van der Waals surface area contributed by atoms with Crippen LogP contribution in [0.5, 0.6) is 0 Å². The third kappa shape index (κ3) is 7.77. The summed E-state index contributed by atoms with van der Waals surface area (Å²) in [4.78, 5) is 35.6. The molecule has 1 aliphatic rings. The predicted octanol–water partition coefficient (Wildman–Crippen LogP) is 4.98. The van der Waals surface area contributed by atoms with Crippen LogP contribution in [-0.4, -0.2) is 50.0 Å². The maximum absolute atomic E-state index is 12.7. The highest BCUT2D eigenvalue weighted by Gasteiger charge is 2.25. The van der Waals surface area contributed by atoms with E-state index in [2.05, 4.69) is 15.8 Å². The molecule has 0 radical (unpaired) electrons. The minimum atomic E-state index is -0.848. The molecule has 0 atom stereocenters. The molecule has 0 bridgehead atoms. The SMILES string of the molecule is COCCOC1=NN/C(=C\CC(C)(C)OC(=O)c2ccc(NC=O)cc2)C=C1c1cc(Cl)ccc1C(C)=O. The number of rotatable bonds is 11. The quantitative estimate of drug-likeness (QED) is 0.179. The number of carbonyl (C=O) groups is 3. The fourth-order valence-electron chi connectivity index (χ4n) is 3.58. The van der Waals surface area contributed by atoms with Gasteiger partial charge in [-0.2, -0.15) is 0 Å². The van der Waals surface area contributed by atoms with E-state index in [0.717, 1.165) is 0 Å². The number of carbonyl (C=O) groups excluding carboxylic acids is 3. The van der Waals surface area contributed by atoms with E-state index in [1.807, 2.05) is 12.2 Å². The molecule has 1 amide bonds. The van der Waals surface area contributed by atoms with Crippen molar-refractivity contribution in [2.75, 3.05) is 25.6 Å². The van der Waals surface area contributed by atoms with Gasteiger partial charge in [0, 0.05) is 35.4 Å². The maximum atomic E-state index is 12.7. The number of hydrazone groups is 1. The lowest BCUT2D eigenvalue weighted by molar-refractivity contribution is -0.105. The third-order valence-electron chi connectivity index (χ3n) is 5.52. The van der Waals surface area contributed by atoms with Crippen LogP contribution in [0.2, 0.25) is 5.02 Å². The molecule has 1 heterocycles. The van der Waals surface area contributed by atoms with Crippen molar-refractivity contribution in [3.05, 3.63) is 82.0 Å². The first-order chi connectivity index (χ1) is 18.1. The second-order valence-corrected chi connectivity index (χ2v) is 9.46. The Balaban J connectivity index is 1.82. The highest BCUT2D eigenvalue weighted by molar-refractivity contribution is 6.31. The summed E-state index contributed by atoms with van der Waals surface area (Å²) < 4.78 is 16.6. The van der Waals surface area contributed by atoms with Gasteiger partial charge in [0.25, 0.3) is 0 Å². The highest BCUT2D eigenvalue weighted by Crippen LogP contribution is 2.29. The lowest BCUT2D eigenvalue weighted by Gasteiger charge is -2.25. The van der Waals surface area contributed by atoms with Crippen LogP contribution in [0, 0.1) is 0 Å². The Hall–Kier alpha value is -3.95. The van der Waals surface area contributed by atoms with Gasteiger partial charge in [0.15, 0.2) is 5.78 Å². The topological polar surface area (TPSA) is 115 Å². The summed E-state index contributed by atoms with van der Waals surface area (Å²) in [6, 6.07) is 11.4. The summed E-state index contributed by atoms with van der Waals surface area (Å²) in [7, 11) is 1.57. The van der Waals surface area contributed by atoms with Crippen molar-refractivity contribution < 1.29 is 28.6 Å². The summed E-state index contributed by atoms with van der Waals surface area (Å²) >= 11 is 6.26. The second-order valence-electron chi connectivity index (χ2n) is 9.03. The number of anilines is 1. The first-order valence-electron chi connectivity index (χ1n) is 11.9. The summed E-state index contributed by atoms with van der Waals surface area (Å²) in [5.41, 5.74) is 5.31. The van der Waals surface area contributed by atoms with Gasteiger partial charge in [-0.25, -0.2) is 4.79 Å². The number of hydrogen-bond donors (Lipinski definition) is 2. The van der Waals surface area contributed by atoms with Gasteiger partial charge in [0.2, 0.25) is 12.3 Å². The third-order valence-corrected chi connectivity index (χ3v) is 5.76. The number of halogens is 1. The molecule has 38 heavy (non-hydrogen) atoms. The molecule has 2 aromatic rings. The van der Waals surface area contributed by atoms with Crippen molar-refractivity contribution in [2.24, 2.45) is 5.10 Å². The van der Waals surface area contributed by atoms with E-state index in [1.54, 1.807) is 63.4 Å². The van der Waals surface area contributed by atoms with Gasteiger partial charge >= 0.3 is 5.97 Å². The van der Waals surface area contributed by atoms with Crippen LogP contribution in [0.1, 0.15) is 53.5 Å². The molecule has 3 rings (SSSR count). The lowest BCUT2D eigenvalue weighted by Crippen LogP contribution is -2.28. The van der Waals surface area contributed by atoms with Crippen LogP contribution in [0.15, 0.2) is 65.4 Å². The predicted molar refractivity (Wildman–Crippen MR) is 146 cm³/mol. The maximum Gasteiger partial charge on any atom is 0.338 e. The molecular formula is C28H30ClN3O6. The average Bonchev–Trinajstić information content (AvgIpc) is 2.88. The number of nitrogens with zero attached hydrogens (tertiary/aromatic N) is 1. The molecule has 9 nitrogen and oxygen atoms in total. The molecule has 200 valence electrons. The molecule has 0 saturated carbocycles. The van der Waals surface area contributed by atoms with Gasteiger partial charge in [-0.3, -0.25) is 15.0 Å². The van der Waals surface area contributed by atoms with Crippen LogP contribution < -0.4 is 10.7 Å². The lowest BCUT2D eigenvalue weighted by atomic mass is 9.95. The molecule has 0 saturated heterocycles. The molecule has 2 aromatic carbocycles. The largest absolute Gasteiger partial charge is 0.474 e. The van der Waals surface area contributed by atoms with Crippen LogP contribution in [0.3, 0.4) is 0 Å². The summed E-state index contributed by atoms with van der Waals surface area (Å²) in [6.07, 6.45) is 4.58. The second kappa shape index (κ2) is 13.0. The van der Waals surface area contributed by atoms with Crippen molar-refractivity contribution in [3.8, 4) is 0 Å². The van der Waals surface area contributed by atoms with Crippen LogP contribution in [0.25, 0.3) is 5.57 Å². The van der Waals surface area contributed by atoms with E-state index < -0.39 is 11.6 Å². The van der Waals surface area contributed by atoms with Crippen LogP contribution >= 0.6 is 11.6 Å². The van der Waals surface area contributed by atoms with Crippen molar-refractivity contribution in [2.45, 2.75) is 32.8 Å². The number of nitrogens with one attached hydrogen (secondary N) is 2. The average molecular weight is 540 g/mol. The standard InChI is InChI=1S/C28H30ClN3O6/c1-18(34)23-10-7-20(29)15-24(23)25-16-22(31-32-26(25)37-14-13-36-4)11-12-28(2,3)38-27(35)19-5-8-21(9-6-19)30-17-33/h5-11,15-17,31H,12-14H2,1-4H3,(H,30,33)/b22-11-. The number of benzene rings is 2. The number of ether oxygens (including phenoxy) is 3. The van der Waals surface area contributed by atoms with Crippen molar-refractivity contribution in [1.82, 2.24) is 5.43 Å². The van der Waals surface area contributed by atoms with Gasteiger partial charge in [0.05, 0.1) is 17.9 Å². The zero-order chi connectivity index (χ0) is 27.7. The first kappa shape index (κ1) is 28.6. The molecule has 10 heteroatoms. The fraction of sp³-hybridized carbons (Fsp3) is 0.286. The Morgan fingerprint density at radius 3 is 2.53 bits per heavy atom. The Kier molecular flexibility index (Phi) is 9.81. The number of methoxy groups -OCH3 is 1. The van der Waals surface area contributed by atoms with Gasteiger partial charge in [-0.05, 0) is 74.9 Å². The molecule has 0 fully saturated rings. The zero-order valence-corrected chi connectivity index (χ0v) is 22.4. The van der Waals surface area contributed by atoms with Crippen LogP contribution in [-0.2, 0) is 19.0 Å². The molecule has 0 spiro atoms. The molecule has 0 aromatic heterocycles. The van der Waals surface area contributed by atoms with E-state index >= 15 is 0 Å². The Bertz CT molecular complexity index is 1280. The normalized spacial score (nSPS) is 14.2. The summed E-state index contributed by atoms with van der Waals surface area (Å²) in [6.45, 7) is 5.70. The molecule has 0 unspecified atom stereocenters. The molecule has 2 N–H and O–H groups in total. The Labute approximate surface area is 226 Å². The number of ketones is 1. The van der Waals surface area contributed by atoms with Gasteiger partial charge in [-0.1, -0.05) is 17.7 Å². The van der Waals surface area contributed by atoms with Crippen molar-refractivity contribution >= 4 is 46.9 Å². The number of allylic oxidation sites excluding steroid dienone is 1. The Morgan fingerprint density at radius 2 is 1.87 bits per heavy atom. The number of hydrogen-bond acceptors (Lipinski definition) is 8. The minimum Gasteiger partial charge on any atom is -0.474 e. The van der Waals surface area contributed by atoms with E-state index in [1.165, 1.54) is 6.92 Å². The van der Waals surface area contributed by atoms with Gasteiger partial charge in [0.1, 0.15) is 12.2 Å². The van der Waals surface area contributed by atoms with E-state index in [0.29, 0.717) is 64.0 Å². The van der Waals surface area contributed by atoms with Gasteiger partial charge < -0.3 is 19.5 Å². The van der Waals surface area contributed by atoms with Crippen molar-refractivity contribution in [1.29, 1.82) is 0 Å². The van der Waals surface area contributed by atoms with E-state index in [-0.39, 0.29) is 12.4 Å². The molecule has 1 aliphatic heterocycles. The zero-order valence-electron chi connectivity index (χ0n) is 21.7. The van der Waals surface area contributed by atoms with E-state index in [4.69, 9.17) is 25.8 Å². The Morgan fingerprint density at radius 1 is 1.13 bits per heavy atom. The summed E-state index contributed by atoms with van der Waals surface area (Å²) in [5, 5.41) is 7.35. The number of esters is 1.